The van der Waals surface area contributed by atoms with Crippen LogP contribution >= 0.6 is 11.8 Å². The summed E-state index contributed by atoms with van der Waals surface area (Å²) in [5.74, 6) is 1.34. The Labute approximate surface area is 111 Å². The predicted molar refractivity (Wildman–Crippen MR) is 77.8 cm³/mol. The van der Waals surface area contributed by atoms with Gasteiger partial charge in [-0.3, -0.25) is 0 Å². The van der Waals surface area contributed by atoms with Crippen LogP contribution < -0.4 is 5.32 Å². The number of nitrogens with zero attached hydrogens (tertiary/aromatic N) is 1. The second-order valence-electron chi connectivity index (χ2n) is 6.03. The zero-order valence-corrected chi connectivity index (χ0v) is 12.5. The first kappa shape index (κ1) is 13.7. The first-order valence-electron chi connectivity index (χ1n) is 7.16. The first-order chi connectivity index (χ1) is 8.14. The zero-order chi connectivity index (χ0) is 12.3. The number of hydrogen-bond donors (Lipinski definition) is 1. The minimum atomic E-state index is 0.436. The fourth-order valence-electron chi connectivity index (χ4n) is 3.31. The van der Waals surface area contributed by atoms with Gasteiger partial charge in [-0.1, -0.05) is 26.2 Å². The van der Waals surface area contributed by atoms with Crippen molar-refractivity contribution in [1.82, 2.24) is 10.2 Å². The van der Waals surface area contributed by atoms with E-state index in [9.17, 15) is 0 Å². The molecule has 1 aliphatic heterocycles. The molecule has 2 atom stereocenters. The normalized spacial score (nSPS) is 33.2. The van der Waals surface area contributed by atoms with Gasteiger partial charge in [0.15, 0.2) is 0 Å². The number of rotatable bonds is 4. The quantitative estimate of drug-likeness (QED) is 0.832. The summed E-state index contributed by atoms with van der Waals surface area (Å²) in [5.41, 5.74) is 0.436. The Hall–Kier alpha value is 0.270. The maximum Gasteiger partial charge on any atom is 0.0327 e. The number of likely N-dealkylation sites (N-methyl/N-ethyl adjacent to an activating group) is 1. The SMILES string of the molecule is CC1SCCC1NCC1(N(C)C)CCCCC1. The average Bonchev–Trinajstić information content (AvgIpc) is 2.73. The van der Waals surface area contributed by atoms with Crippen molar-refractivity contribution in [1.29, 1.82) is 0 Å². The monoisotopic (exact) mass is 256 g/mol. The van der Waals surface area contributed by atoms with Crippen LogP contribution in [0.4, 0.5) is 0 Å². The van der Waals surface area contributed by atoms with Gasteiger partial charge in [-0.2, -0.15) is 11.8 Å². The minimum absolute atomic E-state index is 0.436. The van der Waals surface area contributed by atoms with Crippen LogP contribution in [0.5, 0.6) is 0 Å². The van der Waals surface area contributed by atoms with Crippen molar-refractivity contribution >= 4 is 11.8 Å². The van der Waals surface area contributed by atoms with E-state index in [2.05, 4.69) is 43.0 Å². The molecule has 2 fully saturated rings. The summed E-state index contributed by atoms with van der Waals surface area (Å²) >= 11 is 2.12. The molecule has 0 aromatic rings. The van der Waals surface area contributed by atoms with E-state index in [0.29, 0.717) is 5.54 Å². The molecule has 1 N–H and O–H groups in total. The van der Waals surface area contributed by atoms with E-state index in [-0.39, 0.29) is 0 Å². The molecule has 0 bridgehead atoms. The van der Waals surface area contributed by atoms with Crippen LogP contribution in [0.1, 0.15) is 45.4 Å². The van der Waals surface area contributed by atoms with Crippen molar-refractivity contribution < 1.29 is 0 Å². The lowest BCUT2D eigenvalue weighted by Crippen LogP contribution is -2.55. The fraction of sp³-hybridized carbons (Fsp3) is 1.00. The molecule has 0 amide bonds. The lowest BCUT2D eigenvalue weighted by molar-refractivity contribution is 0.0953. The molecule has 0 spiro atoms. The molecule has 0 aromatic heterocycles. The number of nitrogens with one attached hydrogen (secondary N) is 1. The Kier molecular flexibility index (Phi) is 4.79. The molecule has 3 heteroatoms. The van der Waals surface area contributed by atoms with E-state index in [1.807, 2.05) is 0 Å². The van der Waals surface area contributed by atoms with Crippen LogP contribution in [-0.2, 0) is 0 Å². The van der Waals surface area contributed by atoms with Gasteiger partial charge in [0.1, 0.15) is 0 Å². The second-order valence-corrected chi connectivity index (χ2v) is 7.52. The summed E-state index contributed by atoms with van der Waals surface area (Å²) in [7, 11) is 4.53. The zero-order valence-electron chi connectivity index (χ0n) is 11.7. The van der Waals surface area contributed by atoms with Gasteiger partial charge in [-0.05, 0) is 39.1 Å². The minimum Gasteiger partial charge on any atom is -0.311 e. The fourth-order valence-corrected chi connectivity index (χ4v) is 4.54. The van der Waals surface area contributed by atoms with Gasteiger partial charge in [0.2, 0.25) is 0 Å². The molecule has 2 nitrogen and oxygen atoms in total. The molecule has 2 aliphatic rings. The van der Waals surface area contributed by atoms with Crippen LogP contribution in [-0.4, -0.2) is 48.1 Å². The van der Waals surface area contributed by atoms with E-state index in [0.717, 1.165) is 11.3 Å². The van der Waals surface area contributed by atoms with Gasteiger partial charge in [-0.15, -0.1) is 0 Å². The summed E-state index contributed by atoms with van der Waals surface area (Å²) < 4.78 is 0. The van der Waals surface area contributed by atoms with Gasteiger partial charge in [-0.25, -0.2) is 0 Å². The summed E-state index contributed by atoms with van der Waals surface area (Å²) in [6.45, 7) is 3.56. The molecule has 1 aliphatic carbocycles. The van der Waals surface area contributed by atoms with Crippen molar-refractivity contribution in [2.24, 2.45) is 0 Å². The molecule has 1 heterocycles. The maximum absolute atomic E-state index is 3.86. The summed E-state index contributed by atoms with van der Waals surface area (Å²) in [6, 6.07) is 0.749. The average molecular weight is 256 g/mol. The van der Waals surface area contributed by atoms with E-state index in [4.69, 9.17) is 0 Å². The third-order valence-corrected chi connectivity index (χ3v) is 6.13. The smallest absolute Gasteiger partial charge is 0.0327 e. The highest BCUT2D eigenvalue weighted by Crippen LogP contribution is 2.33. The maximum atomic E-state index is 3.86. The first-order valence-corrected chi connectivity index (χ1v) is 8.21. The highest BCUT2D eigenvalue weighted by Gasteiger charge is 2.35. The molecule has 1 saturated carbocycles. The van der Waals surface area contributed by atoms with Gasteiger partial charge >= 0.3 is 0 Å². The number of thioether (sulfide) groups is 1. The summed E-state index contributed by atoms with van der Waals surface area (Å²) in [4.78, 5) is 2.48. The molecule has 2 unspecified atom stereocenters. The Morgan fingerprint density at radius 1 is 1.24 bits per heavy atom. The summed E-state index contributed by atoms with van der Waals surface area (Å²) in [6.07, 6.45) is 8.37. The van der Waals surface area contributed by atoms with Gasteiger partial charge in [0.05, 0.1) is 0 Å². The van der Waals surface area contributed by atoms with E-state index >= 15 is 0 Å². The van der Waals surface area contributed by atoms with Gasteiger partial charge in [0.25, 0.3) is 0 Å². The van der Waals surface area contributed by atoms with Crippen LogP contribution in [0.3, 0.4) is 0 Å². The Bertz CT molecular complexity index is 236. The predicted octanol–water partition coefficient (Wildman–Crippen LogP) is 2.73. The highest BCUT2D eigenvalue weighted by molar-refractivity contribution is 8.00. The van der Waals surface area contributed by atoms with E-state index in [1.165, 1.54) is 50.8 Å². The Morgan fingerprint density at radius 3 is 2.47 bits per heavy atom. The number of hydrogen-bond acceptors (Lipinski definition) is 3. The van der Waals surface area contributed by atoms with Crippen molar-refractivity contribution in [3.05, 3.63) is 0 Å². The molecule has 17 heavy (non-hydrogen) atoms. The van der Waals surface area contributed by atoms with Crippen LogP contribution in [0.2, 0.25) is 0 Å². The Balaban J connectivity index is 1.89. The third kappa shape index (κ3) is 3.18. The second kappa shape index (κ2) is 5.94. The summed E-state index contributed by atoms with van der Waals surface area (Å²) in [5, 5.41) is 4.66. The Morgan fingerprint density at radius 2 is 1.94 bits per heavy atom. The molecule has 0 radical (unpaired) electrons. The molecular weight excluding hydrogens is 228 g/mol. The molecule has 1 saturated heterocycles. The van der Waals surface area contributed by atoms with E-state index in [1.54, 1.807) is 0 Å². The van der Waals surface area contributed by atoms with Crippen molar-refractivity contribution in [2.75, 3.05) is 26.4 Å². The lowest BCUT2D eigenvalue weighted by Gasteiger charge is -2.44. The van der Waals surface area contributed by atoms with Crippen molar-refractivity contribution in [3.63, 3.8) is 0 Å². The third-order valence-electron chi connectivity index (χ3n) is 4.80. The van der Waals surface area contributed by atoms with Crippen LogP contribution in [0.15, 0.2) is 0 Å². The lowest BCUT2D eigenvalue weighted by atomic mass is 9.80. The highest BCUT2D eigenvalue weighted by atomic mass is 32.2. The molecule has 2 rings (SSSR count). The molecular formula is C14H28N2S. The molecule has 100 valence electrons. The van der Waals surface area contributed by atoms with Crippen molar-refractivity contribution in [3.8, 4) is 0 Å². The van der Waals surface area contributed by atoms with Gasteiger partial charge < -0.3 is 10.2 Å². The van der Waals surface area contributed by atoms with Crippen LogP contribution in [0.25, 0.3) is 0 Å². The standard InChI is InChI=1S/C14H28N2S/c1-12-13(7-10-17-12)15-11-14(16(2)3)8-5-4-6-9-14/h12-13,15H,4-11H2,1-3H3. The molecule has 0 aromatic carbocycles. The topological polar surface area (TPSA) is 15.3 Å². The largest absolute Gasteiger partial charge is 0.311 e. The van der Waals surface area contributed by atoms with Crippen LogP contribution in [0, 0.1) is 0 Å². The van der Waals surface area contributed by atoms with Crippen molar-refractivity contribution in [2.45, 2.75) is 62.3 Å². The van der Waals surface area contributed by atoms with Gasteiger partial charge in [0, 0.05) is 23.4 Å². The van der Waals surface area contributed by atoms with E-state index < -0.39 is 0 Å².